The van der Waals surface area contributed by atoms with Gasteiger partial charge in [0.05, 0.1) is 10.7 Å². The zero-order valence-electron chi connectivity index (χ0n) is 6.72. The largest absolute Gasteiger partial charge is 0.250 e. The number of nitrogens with zero attached hydrogens (tertiary/aromatic N) is 1. The van der Waals surface area contributed by atoms with Crippen LogP contribution in [0.15, 0.2) is 16.8 Å². The Balaban J connectivity index is 2.69. The van der Waals surface area contributed by atoms with Crippen molar-refractivity contribution in [2.75, 3.05) is 0 Å². The topological polar surface area (TPSA) is 12.4 Å². The Hall–Kier alpha value is -0.240. The molecule has 0 aliphatic carbocycles. The lowest BCUT2D eigenvalue weighted by Gasteiger charge is -1.98. The Morgan fingerprint density at radius 1 is 1.70 bits per heavy atom. The predicted octanol–water partition coefficient (Wildman–Crippen LogP) is 2.83. The smallest absolute Gasteiger partial charge is 0.0710 e. The fourth-order valence-corrected chi connectivity index (χ4v) is 1.98. The Kier molecular flexibility index (Phi) is 2.55. The van der Waals surface area contributed by atoms with Gasteiger partial charge in [0.15, 0.2) is 0 Å². The first-order chi connectivity index (χ1) is 4.74. The molecule has 0 saturated carbocycles. The summed E-state index contributed by atoms with van der Waals surface area (Å²) in [4.78, 5) is 4.40. The van der Waals surface area contributed by atoms with Gasteiger partial charge in [-0.05, 0) is 20.3 Å². The SMILES string of the molecule is CC/C=C1\N=C(C)SC1C. The molecule has 0 bridgehead atoms. The van der Waals surface area contributed by atoms with Crippen molar-refractivity contribution in [1.82, 2.24) is 0 Å². The third-order valence-corrected chi connectivity index (χ3v) is 2.49. The van der Waals surface area contributed by atoms with E-state index < -0.39 is 0 Å². The summed E-state index contributed by atoms with van der Waals surface area (Å²) in [6.07, 6.45) is 3.30. The predicted molar refractivity (Wildman–Crippen MR) is 48.5 cm³/mol. The molecule has 1 aliphatic rings. The zero-order chi connectivity index (χ0) is 7.56. The van der Waals surface area contributed by atoms with Crippen LogP contribution >= 0.6 is 11.8 Å². The molecule has 0 amide bonds. The van der Waals surface area contributed by atoms with Crippen LogP contribution < -0.4 is 0 Å². The molecule has 1 nitrogen and oxygen atoms in total. The number of allylic oxidation sites excluding steroid dienone is 1. The van der Waals surface area contributed by atoms with E-state index in [1.165, 1.54) is 10.7 Å². The first kappa shape index (κ1) is 7.86. The van der Waals surface area contributed by atoms with E-state index in [0.717, 1.165) is 6.42 Å². The van der Waals surface area contributed by atoms with Crippen LogP contribution in [0, 0.1) is 0 Å². The van der Waals surface area contributed by atoms with Crippen LogP contribution in [0.4, 0.5) is 0 Å². The Morgan fingerprint density at radius 3 is 2.80 bits per heavy atom. The molecule has 1 heterocycles. The van der Waals surface area contributed by atoms with Gasteiger partial charge >= 0.3 is 0 Å². The van der Waals surface area contributed by atoms with Crippen molar-refractivity contribution in [3.8, 4) is 0 Å². The van der Waals surface area contributed by atoms with Gasteiger partial charge in [-0.2, -0.15) is 0 Å². The molecule has 0 spiro atoms. The van der Waals surface area contributed by atoms with Crippen molar-refractivity contribution < 1.29 is 0 Å². The summed E-state index contributed by atoms with van der Waals surface area (Å²) in [6.45, 7) is 6.41. The minimum atomic E-state index is 0.583. The molecule has 0 radical (unpaired) electrons. The van der Waals surface area contributed by atoms with E-state index in [1.807, 2.05) is 11.8 Å². The normalized spacial score (nSPS) is 29.3. The minimum Gasteiger partial charge on any atom is -0.250 e. The molecule has 1 rings (SSSR count). The van der Waals surface area contributed by atoms with Crippen molar-refractivity contribution >= 4 is 16.8 Å². The van der Waals surface area contributed by atoms with Gasteiger partial charge in [-0.3, -0.25) is 4.99 Å². The maximum absolute atomic E-state index is 4.40. The maximum atomic E-state index is 4.40. The number of thioether (sulfide) groups is 1. The second-order valence-corrected chi connectivity index (χ2v) is 3.96. The third-order valence-electron chi connectivity index (χ3n) is 1.46. The lowest BCUT2D eigenvalue weighted by Crippen LogP contribution is -1.91. The molecule has 0 fully saturated rings. The second-order valence-electron chi connectivity index (χ2n) is 2.43. The fourth-order valence-electron chi connectivity index (χ4n) is 1.04. The van der Waals surface area contributed by atoms with Crippen LogP contribution in [0.3, 0.4) is 0 Å². The first-order valence-corrected chi connectivity index (χ1v) is 4.54. The van der Waals surface area contributed by atoms with Gasteiger partial charge in [0, 0.05) is 5.25 Å². The lowest BCUT2D eigenvalue weighted by molar-refractivity contribution is 1.07. The van der Waals surface area contributed by atoms with Crippen LogP contribution in [0.25, 0.3) is 0 Å². The van der Waals surface area contributed by atoms with Crippen LogP contribution in [0.1, 0.15) is 27.2 Å². The van der Waals surface area contributed by atoms with Crippen molar-refractivity contribution in [3.05, 3.63) is 11.8 Å². The number of aliphatic imine (C=N–C) groups is 1. The number of rotatable bonds is 1. The highest BCUT2D eigenvalue weighted by Crippen LogP contribution is 2.29. The van der Waals surface area contributed by atoms with Gasteiger partial charge in [-0.25, -0.2) is 0 Å². The van der Waals surface area contributed by atoms with Gasteiger partial charge in [-0.15, -0.1) is 11.8 Å². The average Bonchev–Trinajstić information content (AvgIpc) is 2.13. The molecular weight excluding hydrogens is 142 g/mol. The molecule has 10 heavy (non-hydrogen) atoms. The summed E-state index contributed by atoms with van der Waals surface area (Å²) in [7, 11) is 0. The molecule has 0 aromatic rings. The van der Waals surface area contributed by atoms with E-state index in [9.17, 15) is 0 Å². The third kappa shape index (κ3) is 1.63. The van der Waals surface area contributed by atoms with E-state index in [2.05, 4.69) is 31.8 Å². The first-order valence-electron chi connectivity index (χ1n) is 3.66. The summed E-state index contributed by atoms with van der Waals surface area (Å²) < 4.78 is 0. The number of hydrogen-bond acceptors (Lipinski definition) is 2. The van der Waals surface area contributed by atoms with Gasteiger partial charge in [0.1, 0.15) is 0 Å². The molecule has 0 N–H and O–H groups in total. The van der Waals surface area contributed by atoms with E-state index in [-0.39, 0.29) is 0 Å². The highest BCUT2D eigenvalue weighted by molar-refractivity contribution is 8.14. The van der Waals surface area contributed by atoms with Gasteiger partial charge < -0.3 is 0 Å². The van der Waals surface area contributed by atoms with Gasteiger partial charge in [-0.1, -0.05) is 13.0 Å². The molecule has 0 aromatic heterocycles. The zero-order valence-corrected chi connectivity index (χ0v) is 7.53. The van der Waals surface area contributed by atoms with Crippen LogP contribution in [0.5, 0.6) is 0 Å². The molecule has 1 unspecified atom stereocenters. The van der Waals surface area contributed by atoms with E-state index in [1.54, 1.807) is 0 Å². The second kappa shape index (κ2) is 3.24. The molecule has 1 atom stereocenters. The van der Waals surface area contributed by atoms with Gasteiger partial charge in [0.25, 0.3) is 0 Å². The Labute approximate surface area is 66.6 Å². The molecule has 56 valence electrons. The lowest BCUT2D eigenvalue weighted by atomic mass is 10.3. The van der Waals surface area contributed by atoms with Crippen molar-refractivity contribution in [1.29, 1.82) is 0 Å². The van der Waals surface area contributed by atoms with Gasteiger partial charge in [0.2, 0.25) is 0 Å². The standard InChI is InChI=1S/C8H13NS/c1-4-5-8-6(2)10-7(3)9-8/h5-6H,4H2,1-3H3/b8-5-. The van der Waals surface area contributed by atoms with Crippen molar-refractivity contribution in [3.63, 3.8) is 0 Å². The highest BCUT2D eigenvalue weighted by Gasteiger charge is 2.16. The van der Waals surface area contributed by atoms with Crippen molar-refractivity contribution in [2.45, 2.75) is 32.4 Å². The summed E-state index contributed by atoms with van der Waals surface area (Å²) in [5, 5.41) is 1.78. The minimum absolute atomic E-state index is 0.583. The number of hydrogen-bond donors (Lipinski definition) is 0. The van der Waals surface area contributed by atoms with Crippen molar-refractivity contribution in [2.24, 2.45) is 4.99 Å². The molecule has 0 aromatic carbocycles. The quantitative estimate of drug-likeness (QED) is 0.567. The fraction of sp³-hybridized carbons (Fsp3) is 0.625. The Bertz CT molecular complexity index is 182. The van der Waals surface area contributed by atoms with Crippen LogP contribution in [-0.4, -0.2) is 10.3 Å². The summed E-state index contributed by atoms with van der Waals surface area (Å²) in [5.74, 6) is 0. The maximum Gasteiger partial charge on any atom is 0.0710 e. The molecule has 0 saturated heterocycles. The monoisotopic (exact) mass is 155 g/mol. The average molecular weight is 155 g/mol. The molecule has 2 heteroatoms. The van der Waals surface area contributed by atoms with Crippen LogP contribution in [-0.2, 0) is 0 Å². The molecular formula is C8H13NS. The summed E-state index contributed by atoms with van der Waals surface area (Å²) in [6, 6.07) is 0. The summed E-state index contributed by atoms with van der Waals surface area (Å²) in [5.41, 5.74) is 1.25. The highest BCUT2D eigenvalue weighted by atomic mass is 32.2. The van der Waals surface area contributed by atoms with E-state index >= 15 is 0 Å². The Morgan fingerprint density at radius 2 is 2.40 bits per heavy atom. The van der Waals surface area contributed by atoms with E-state index in [0.29, 0.717) is 5.25 Å². The summed E-state index contributed by atoms with van der Waals surface area (Å²) >= 11 is 1.85. The van der Waals surface area contributed by atoms with E-state index in [4.69, 9.17) is 0 Å². The molecule has 1 aliphatic heterocycles. The van der Waals surface area contributed by atoms with Crippen LogP contribution in [0.2, 0.25) is 0 Å².